The summed E-state index contributed by atoms with van der Waals surface area (Å²) in [7, 11) is 1.99. The Kier molecular flexibility index (Phi) is 6.06. The summed E-state index contributed by atoms with van der Waals surface area (Å²) >= 11 is 13.7. The van der Waals surface area contributed by atoms with Gasteiger partial charge in [0.2, 0.25) is 5.91 Å². The van der Waals surface area contributed by atoms with Crippen molar-refractivity contribution in [2.24, 2.45) is 0 Å². The van der Waals surface area contributed by atoms with Gasteiger partial charge < -0.3 is 10.2 Å². The number of benzene rings is 1. The molecule has 0 atom stereocenters. The molecule has 0 fully saturated rings. The number of halogens is 2. The van der Waals surface area contributed by atoms with Crippen molar-refractivity contribution in [1.82, 2.24) is 4.90 Å². The summed E-state index contributed by atoms with van der Waals surface area (Å²) < 4.78 is 0. The molecule has 3 nitrogen and oxygen atoms in total. The van der Waals surface area contributed by atoms with E-state index in [-0.39, 0.29) is 5.91 Å². The van der Waals surface area contributed by atoms with Gasteiger partial charge in [0.15, 0.2) is 0 Å². The second kappa shape index (κ2) is 7.80. The van der Waals surface area contributed by atoms with Crippen molar-refractivity contribution in [1.29, 1.82) is 0 Å². The minimum atomic E-state index is -0.0952. The standard InChI is InChI=1S/C15H16Cl2N2OS/c1-19(9-11-6-8-21-10-11)7-5-14(20)18-15-12(16)3-2-4-13(15)17/h2-4,6,8,10H,5,7,9H2,1H3,(H,18,20). The molecule has 0 unspecified atom stereocenters. The van der Waals surface area contributed by atoms with Gasteiger partial charge in [0, 0.05) is 19.5 Å². The number of thiophene rings is 1. The second-order valence-corrected chi connectivity index (χ2v) is 6.36. The number of nitrogens with one attached hydrogen (secondary N) is 1. The van der Waals surface area contributed by atoms with E-state index in [2.05, 4.69) is 27.0 Å². The highest BCUT2D eigenvalue weighted by atomic mass is 35.5. The normalized spacial score (nSPS) is 10.9. The van der Waals surface area contributed by atoms with Gasteiger partial charge in [-0.25, -0.2) is 0 Å². The lowest BCUT2D eigenvalue weighted by atomic mass is 10.2. The van der Waals surface area contributed by atoms with E-state index in [0.29, 0.717) is 28.7 Å². The van der Waals surface area contributed by atoms with Crippen molar-refractivity contribution in [3.05, 3.63) is 50.6 Å². The fourth-order valence-corrected chi connectivity index (χ4v) is 3.04. The molecule has 0 aliphatic rings. The maximum Gasteiger partial charge on any atom is 0.225 e. The zero-order valence-corrected chi connectivity index (χ0v) is 13.9. The topological polar surface area (TPSA) is 32.3 Å². The molecule has 0 saturated carbocycles. The first-order valence-corrected chi connectivity index (χ1v) is 8.19. The minimum Gasteiger partial charge on any atom is -0.324 e. The van der Waals surface area contributed by atoms with Gasteiger partial charge >= 0.3 is 0 Å². The Labute approximate surface area is 138 Å². The fourth-order valence-electron chi connectivity index (χ4n) is 1.88. The lowest BCUT2D eigenvalue weighted by Gasteiger charge is -2.16. The van der Waals surface area contributed by atoms with Crippen LogP contribution in [0.15, 0.2) is 35.0 Å². The van der Waals surface area contributed by atoms with Gasteiger partial charge in [0.05, 0.1) is 15.7 Å². The average molecular weight is 343 g/mol. The third-order valence-electron chi connectivity index (χ3n) is 2.98. The van der Waals surface area contributed by atoms with Crippen LogP contribution in [0, 0.1) is 0 Å². The SMILES string of the molecule is CN(CCC(=O)Nc1c(Cl)cccc1Cl)Cc1ccsc1. The number of para-hydroxylation sites is 1. The van der Waals surface area contributed by atoms with Gasteiger partial charge in [-0.2, -0.15) is 11.3 Å². The Morgan fingerprint density at radius 3 is 2.62 bits per heavy atom. The van der Waals surface area contributed by atoms with E-state index in [0.717, 1.165) is 6.54 Å². The van der Waals surface area contributed by atoms with E-state index in [1.54, 1.807) is 29.5 Å². The Morgan fingerprint density at radius 1 is 1.29 bits per heavy atom. The maximum atomic E-state index is 12.0. The molecule has 2 rings (SSSR count). The highest BCUT2D eigenvalue weighted by Gasteiger charge is 2.10. The monoisotopic (exact) mass is 342 g/mol. The van der Waals surface area contributed by atoms with Gasteiger partial charge in [-0.3, -0.25) is 4.79 Å². The molecule has 0 bridgehead atoms. The Bertz CT molecular complexity index is 581. The molecule has 0 radical (unpaired) electrons. The van der Waals surface area contributed by atoms with Gasteiger partial charge in [-0.1, -0.05) is 29.3 Å². The molecule has 1 N–H and O–H groups in total. The summed E-state index contributed by atoms with van der Waals surface area (Å²) in [6, 6.07) is 7.23. The average Bonchev–Trinajstić information content (AvgIpc) is 2.94. The lowest BCUT2D eigenvalue weighted by molar-refractivity contribution is -0.116. The van der Waals surface area contributed by atoms with E-state index in [4.69, 9.17) is 23.2 Å². The van der Waals surface area contributed by atoms with Crippen molar-refractivity contribution in [3.8, 4) is 0 Å². The molecule has 0 spiro atoms. The fraction of sp³-hybridized carbons (Fsp3) is 0.267. The van der Waals surface area contributed by atoms with Crippen LogP contribution in [-0.2, 0) is 11.3 Å². The van der Waals surface area contributed by atoms with E-state index < -0.39 is 0 Å². The molecule has 1 aromatic carbocycles. The number of nitrogens with zero attached hydrogens (tertiary/aromatic N) is 1. The van der Waals surface area contributed by atoms with E-state index >= 15 is 0 Å². The largest absolute Gasteiger partial charge is 0.324 e. The van der Waals surface area contributed by atoms with Crippen LogP contribution in [0.3, 0.4) is 0 Å². The van der Waals surface area contributed by atoms with Gasteiger partial charge in [-0.15, -0.1) is 0 Å². The van der Waals surface area contributed by atoms with E-state index in [1.165, 1.54) is 5.56 Å². The van der Waals surface area contributed by atoms with Gasteiger partial charge in [0.1, 0.15) is 0 Å². The number of hydrogen-bond donors (Lipinski definition) is 1. The molecular weight excluding hydrogens is 327 g/mol. The number of carbonyl (C=O) groups is 1. The molecule has 0 aliphatic carbocycles. The molecule has 6 heteroatoms. The van der Waals surface area contributed by atoms with Crippen LogP contribution < -0.4 is 5.32 Å². The van der Waals surface area contributed by atoms with Crippen LogP contribution in [0.25, 0.3) is 0 Å². The van der Waals surface area contributed by atoms with Crippen LogP contribution >= 0.6 is 34.5 Å². The Balaban J connectivity index is 1.82. The second-order valence-electron chi connectivity index (χ2n) is 4.76. The first-order chi connectivity index (χ1) is 10.1. The number of carbonyl (C=O) groups excluding carboxylic acids is 1. The molecule has 21 heavy (non-hydrogen) atoms. The lowest BCUT2D eigenvalue weighted by Crippen LogP contribution is -2.24. The summed E-state index contributed by atoms with van der Waals surface area (Å²) in [5.41, 5.74) is 1.74. The first kappa shape index (κ1) is 16.3. The van der Waals surface area contributed by atoms with Crippen molar-refractivity contribution in [2.75, 3.05) is 18.9 Å². The number of hydrogen-bond acceptors (Lipinski definition) is 3. The summed E-state index contributed by atoms with van der Waals surface area (Å²) in [5.74, 6) is -0.0952. The minimum absolute atomic E-state index is 0.0952. The zero-order valence-electron chi connectivity index (χ0n) is 11.6. The molecule has 112 valence electrons. The van der Waals surface area contributed by atoms with Crippen LogP contribution in [0.5, 0.6) is 0 Å². The summed E-state index contributed by atoms with van der Waals surface area (Å²) in [5, 5.41) is 7.82. The number of anilines is 1. The van der Waals surface area contributed by atoms with Crippen LogP contribution in [-0.4, -0.2) is 24.4 Å². The third-order valence-corrected chi connectivity index (χ3v) is 4.34. The quantitative estimate of drug-likeness (QED) is 0.837. The molecule has 1 aromatic heterocycles. The smallest absolute Gasteiger partial charge is 0.225 e. The van der Waals surface area contributed by atoms with Crippen LogP contribution in [0.4, 0.5) is 5.69 Å². The molecule has 0 saturated heterocycles. The van der Waals surface area contributed by atoms with E-state index in [1.807, 2.05) is 7.05 Å². The number of amides is 1. The molecule has 0 aliphatic heterocycles. The Morgan fingerprint density at radius 2 is 2.00 bits per heavy atom. The van der Waals surface area contributed by atoms with Crippen LogP contribution in [0.1, 0.15) is 12.0 Å². The predicted octanol–water partition coefficient (Wildman–Crippen LogP) is 4.52. The highest BCUT2D eigenvalue weighted by Crippen LogP contribution is 2.29. The van der Waals surface area contributed by atoms with Gasteiger partial charge in [0.25, 0.3) is 0 Å². The molecule has 2 aromatic rings. The van der Waals surface area contributed by atoms with E-state index in [9.17, 15) is 4.79 Å². The predicted molar refractivity (Wildman–Crippen MR) is 90.4 cm³/mol. The number of rotatable bonds is 6. The molecular formula is C15H16Cl2N2OS. The zero-order chi connectivity index (χ0) is 15.2. The highest BCUT2D eigenvalue weighted by molar-refractivity contribution is 7.07. The summed E-state index contributed by atoms with van der Waals surface area (Å²) in [4.78, 5) is 14.1. The van der Waals surface area contributed by atoms with Gasteiger partial charge in [-0.05, 0) is 41.6 Å². The van der Waals surface area contributed by atoms with Crippen molar-refractivity contribution in [2.45, 2.75) is 13.0 Å². The first-order valence-electron chi connectivity index (χ1n) is 6.49. The summed E-state index contributed by atoms with van der Waals surface area (Å²) in [6.07, 6.45) is 0.391. The molecule has 1 heterocycles. The third kappa shape index (κ3) is 5.00. The van der Waals surface area contributed by atoms with Crippen LogP contribution in [0.2, 0.25) is 10.0 Å². The maximum absolute atomic E-state index is 12.0. The van der Waals surface area contributed by atoms with Crippen molar-refractivity contribution >= 4 is 46.1 Å². The van der Waals surface area contributed by atoms with Crippen molar-refractivity contribution < 1.29 is 4.79 Å². The summed E-state index contributed by atoms with van der Waals surface area (Å²) in [6.45, 7) is 1.51. The Hall–Kier alpha value is -1.07. The van der Waals surface area contributed by atoms with Crippen molar-refractivity contribution in [3.63, 3.8) is 0 Å². The molecule has 1 amide bonds.